The molecular weight excluding hydrogens is 240 g/mol. The maximum absolute atomic E-state index is 12.0. The Balaban J connectivity index is 2.48. The van der Waals surface area contributed by atoms with E-state index in [4.69, 9.17) is 5.11 Å². The predicted octanol–water partition coefficient (Wildman–Crippen LogP) is 1.34. The van der Waals surface area contributed by atoms with Crippen molar-refractivity contribution in [2.75, 3.05) is 32.4 Å². The van der Waals surface area contributed by atoms with Crippen molar-refractivity contribution in [3.8, 4) is 0 Å². The van der Waals surface area contributed by atoms with Gasteiger partial charge in [-0.2, -0.15) is 11.8 Å². The molecule has 0 spiro atoms. The fourth-order valence-corrected chi connectivity index (χ4v) is 2.89. The quantitative estimate of drug-likeness (QED) is 0.832. The van der Waals surface area contributed by atoms with E-state index in [0.29, 0.717) is 6.54 Å². The van der Waals surface area contributed by atoms with Gasteiger partial charge in [0.2, 0.25) is 0 Å². The van der Waals surface area contributed by atoms with E-state index >= 15 is 0 Å². The summed E-state index contributed by atoms with van der Waals surface area (Å²) in [5.41, 5.74) is 0. The van der Waals surface area contributed by atoms with Gasteiger partial charge < -0.3 is 14.9 Å². The molecule has 0 aromatic carbocycles. The van der Waals surface area contributed by atoms with Crippen molar-refractivity contribution in [1.82, 2.24) is 9.80 Å². The number of carboxylic acids is 1. The second-order valence-corrected chi connectivity index (χ2v) is 6.68. The first kappa shape index (κ1) is 14.2. The normalized spacial score (nSPS) is 18.9. The number of hydrogen-bond donors (Lipinski definition) is 1. The number of carbonyl (C=O) groups is 2. The molecule has 0 radical (unpaired) electrons. The van der Waals surface area contributed by atoms with E-state index in [1.807, 2.05) is 11.8 Å². The van der Waals surface area contributed by atoms with Crippen molar-refractivity contribution >= 4 is 23.8 Å². The van der Waals surface area contributed by atoms with Gasteiger partial charge in [-0.25, -0.2) is 4.79 Å². The molecule has 6 heteroatoms. The van der Waals surface area contributed by atoms with Crippen molar-refractivity contribution < 1.29 is 14.7 Å². The molecule has 98 valence electrons. The van der Waals surface area contributed by atoms with Crippen molar-refractivity contribution in [3.05, 3.63) is 0 Å². The Labute approximate surface area is 106 Å². The second-order valence-electron chi connectivity index (χ2n) is 4.88. The molecule has 1 saturated heterocycles. The first-order valence-electron chi connectivity index (χ1n) is 5.67. The maximum Gasteiger partial charge on any atom is 0.319 e. The summed E-state index contributed by atoms with van der Waals surface area (Å²) >= 11 is 1.86. The van der Waals surface area contributed by atoms with Crippen LogP contribution >= 0.6 is 11.8 Å². The van der Waals surface area contributed by atoms with Crippen LogP contribution in [0.15, 0.2) is 0 Å². The molecule has 1 aliphatic heterocycles. The largest absolute Gasteiger partial charge is 0.481 e. The lowest BCUT2D eigenvalue weighted by molar-refractivity contribution is -0.137. The minimum absolute atomic E-state index is 0.00573. The van der Waals surface area contributed by atoms with E-state index in [1.165, 1.54) is 4.90 Å². The van der Waals surface area contributed by atoms with Crippen LogP contribution in [-0.2, 0) is 4.79 Å². The van der Waals surface area contributed by atoms with Gasteiger partial charge in [0.15, 0.2) is 0 Å². The number of carbonyl (C=O) groups excluding carboxylic acids is 1. The van der Waals surface area contributed by atoms with Crippen LogP contribution in [0.1, 0.15) is 20.3 Å². The summed E-state index contributed by atoms with van der Waals surface area (Å²) in [6.07, 6.45) is -0.00573. The van der Waals surface area contributed by atoms with Crippen LogP contribution in [-0.4, -0.2) is 64.1 Å². The summed E-state index contributed by atoms with van der Waals surface area (Å²) in [4.78, 5) is 25.8. The van der Waals surface area contributed by atoms with Gasteiger partial charge >= 0.3 is 12.0 Å². The minimum Gasteiger partial charge on any atom is -0.481 e. The van der Waals surface area contributed by atoms with Crippen LogP contribution in [0.2, 0.25) is 0 Å². The van der Waals surface area contributed by atoms with Gasteiger partial charge in [-0.1, -0.05) is 0 Å². The molecule has 1 rings (SSSR count). The van der Waals surface area contributed by atoms with E-state index in [1.54, 1.807) is 11.9 Å². The van der Waals surface area contributed by atoms with E-state index in [-0.39, 0.29) is 23.7 Å². The van der Waals surface area contributed by atoms with Gasteiger partial charge in [-0.3, -0.25) is 4.79 Å². The lowest BCUT2D eigenvalue weighted by atomic mass is 10.2. The molecule has 2 amide bonds. The Morgan fingerprint density at radius 1 is 1.47 bits per heavy atom. The first-order chi connectivity index (χ1) is 7.82. The molecule has 0 unspecified atom stereocenters. The van der Waals surface area contributed by atoms with Crippen molar-refractivity contribution in [3.63, 3.8) is 0 Å². The second kappa shape index (κ2) is 5.62. The van der Waals surface area contributed by atoms with E-state index < -0.39 is 5.97 Å². The lowest BCUT2D eigenvalue weighted by Crippen LogP contribution is -2.50. The standard InChI is InChI=1S/C11H20N2O3S/c1-11(2)8-13(6-7-17-11)10(16)12(3)5-4-9(14)15/h4-8H2,1-3H3,(H,14,15). The summed E-state index contributed by atoms with van der Waals surface area (Å²) in [5.74, 6) is 0.0603. The monoisotopic (exact) mass is 260 g/mol. The average molecular weight is 260 g/mol. The molecule has 0 bridgehead atoms. The van der Waals surface area contributed by atoms with Gasteiger partial charge in [0.1, 0.15) is 0 Å². The van der Waals surface area contributed by atoms with Crippen molar-refractivity contribution in [2.24, 2.45) is 0 Å². The number of hydrogen-bond acceptors (Lipinski definition) is 3. The van der Waals surface area contributed by atoms with Crippen LogP contribution in [0.25, 0.3) is 0 Å². The molecule has 0 atom stereocenters. The Morgan fingerprint density at radius 2 is 2.12 bits per heavy atom. The molecule has 0 aliphatic carbocycles. The zero-order valence-electron chi connectivity index (χ0n) is 10.6. The minimum atomic E-state index is -0.876. The summed E-state index contributed by atoms with van der Waals surface area (Å²) in [7, 11) is 1.65. The summed E-state index contributed by atoms with van der Waals surface area (Å²) < 4.78 is 0.0849. The molecule has 1 fully saturated rings. The number of carboxylic acid groups (broad SMARTS) is 1. The molecular formula is C11H20N2O3S. The predicted molar refractivity (Wildman–Crippen MR) is 68.4 cm³/mol. The molecule has 0 aromatic heterocycles. The van der Waals surface area contributed by atoms with Crippen LogP contribution in [0.5, 0.6) is 0 Å². The average Bonchev–Trinajstić information content (AvgIpc) is 2.23. The Kier molecular flexibility index (Phi) is 4.68. The topological polar surface area (TPSA) is 60.9 Å². The Bertz CT molecular complexity index is 307. The SMILES string of the molecule is CN(CCC(=O)O)C(=O)N1CCSC(C)(C)C1. The fourth-order valence-electron chi connectivity index (χ4n) is 1.78. The molecule has 1 heterocycles. The smallest absolute Gasteiger partial charge is 0.319 e. The third-order valence-corrected chi connectivity index (χ3v) is 3.98. The van der Waals surface area contributed by atoms with Crippen LogP contribution in [0, 0.1) is 0 Å². The fraction of sp³-hybridized carbons (Fsp3) is 0.818. The van der Waals surface area contributed by atoms with Crippen molar-refractivity contribution in [1.29, 1.82) is 0 Å². The van der Waals surface area contributed by atoms with Gasteiger partial charge in [-0.05, 0) is 13.8 Å². The first-order valence-corrected chi connectivity index (χ1v) is 6.66. The molecule has 5 nitrogen and oxygen atoms in total. The highest BCUT2D eigenvalue weighted by Crippen LogP contribution is 2.29. The van der Waals surface area contributed by atoms with E-state index in [2.05, 4.69) is 13.8 Å². The zero-order valence-corrected chi connectivity index (χ0v) is 11.4. The van der Waals surface area contributed by atoms with Gasteiger partial charge in [0, 0.05) is 37.2 Å². The van der Waals surface area contributed by atoms with E-state index in [0.717, 1.165) is 12.3 Å². The molecule has 17 heavy (non-hydrogen) atoms. The van der Waals surface area contributed by atoms with Gasteiger partial charge in [0.25, 0.3) is 0 Å². The van der Waals surface area contributed by atoms with Crippen LogP contribution in [0.4, 0.5) is 4.79 Å². The van der Waals surface area contributed by atoms with Crippen molar-refractivity contribution in [2.45, 2.75) is 25.0 Å². The van der Waals surface area contributed by atoms with Gasteiger partial charge in [0.05, 0.1) is 6.42 Å². The zero-order chi connectivity index (χ0) is 13.1. The lowest BCUT2D eigenvalue weighted by Gasteiger charge is -2.39. The Hall–Kier alpha value is -0.910. The number of rotatable bonds is 3. The van der Waals surface area contributed by atoms with E-state index in [9.17, 15) is 9.59 Å². The number of amides is 2. The highest BCUT2D eigenvalue weighted by atomic mass is 32.2. The third-order valence-electron chi connectivity index (χ3n) is 2.68. The summed E-state index contributed by atoms with van der Waals surface area (Å²) in [6.45, 7) is 5.96. The van der Waals surface area contributed by atoms with Gasteiger partial charge in [-0.15, -0.1) is 0 Å². The molecule has 0 aromatic rings. The highest BCUT2D eigenvalue weighted by Gasteiger charge is 2.30. The molecule has 0 saturated carbocycles. The summed E-state index contributed by atoms with van der Waals surface area (Å²) in [6, 6.07) is -0.0698. The maximum atomic E-state index is 12.0. The number of nitrogens with zero attached hydrogens (tertiary/aromatic N) is 2. The molecule has 1 N–H and O–H groups in total. The summed E-state index contributed by atoms with van der Waals surface area (Å²) in [5, 5.41) is 8.58. The molecule has 1 aliphatic rings. The number of aliphatic carboxylic acids is 1. The number of urea groups is 1. The Morgan fingerprint density at radius 3 is 2.65 bits per heavy atom. The number of thioether (sulfide) groups is 1. The van der Waals surface area contributed by atoms with Crippen LogP contribution in [0.3, 0.4) is 0 Å². The highest BCUT2D eigenvalue weighted by molar-refractivity contribution is 8.00. The third kappa shape index (κ3) is 4.46. The van der Waals surface area contributed by atoms with Crippen LogP contribution < -0.4 is 0 Å².